The van der Waals surface area contributed by atoms with Crippen molar-refractivity contribution in [2.75, 3.05) is 6.54 Å². The lowest BCUT2D eigenvalue weighted by atomic mass is 10.0. The van der Waals surface area contributed by atoms with Crippen molar-refractivity contribution in [3.8, 4) is 0 Å². The van der Waals surface area contributed by atoms with Gasteiger partial charge in [0.1, 0.15) is 17.7 Å². The molecule has 0 fully saturated rings. The molecule has 10 nitrogen and oxygen atoms in total. The number of amides is 2. The van der Waals surface area contributed by atoms with Gasteiger partial charge in [0.15, 0.2) is 0 Å². The fraction of sp³-hybridized carbons (Fsp3) is 0.565. The molecule has 0 unspecified atom stereocenters. The van der Waals surface area contributed by atoms with Crippen LogP contribution in [0.3, 0.4) is 0 Å². The zero-order valence-electron chi connectivity index (χ0n) is 19.5. The SMILES string of the molecule is CC(C)(C)OC(=O)C[C@H](N)C(=O)N[C@H](Cc1ccccc1)C(=O)N[C@@H](CCCCN)C(=O)O. The molecule has 3 atom stereocenters. The number of carbonyl (C=O) groups excluding carboxylic acids is 3. The Morgan fingerprint density at radius 3 is 2.15 bits per heavy atom. The second-order valence-corrected chi connectivity index (χ2v) is 8.83. The number of aliphatic carboxylic acids is 1. The highest BCUT2D eigenvalue weighted by Crippen LogP contribution is 2.10. The first-order valence-corrected chi connectivity index (χ1v) is 11.0. The summed E-state index contributed by atoms with van der Waals surface area (Å²) in [6.07, 6.45) is 1.13. The van der Waals surface area contributed by atoms with Crippen LogP contribution in [-0.4, -0.2) is 59.1 Å². The average molecular weight is 465 g/mol. The summed E-state index contributed by atoms with van der Waals surface area (Å²) in [5, 5.41) is 14.5. The predicted octanol–water partition coefficient (Wildman–Crippen LogP) is 0.471. The Balaban J connectivity index is 2.90. The number of carboxylic acid groups (broad SMARTS) is 1. The molecule has 33 heavy (non-hydrogen) atoms. The van der Waals surface area contributed by atoms with E-state index in [4.69, 9.17) is 16.2 Å². The third-order valence-electron chi connectivity index (χ3n) is 4.62. The van der Waals surface area contributed by atoms with Gasteiger partial charge in [-0.05, 0) is 52.1 Å². The lowest BCUT2D eigenvalue weighted by Crippen LogP contribution is -2.55. The van der Waals surface area contributed by atoms with Crippen LogP contribution in [0.15, 0.2) is 30.3 Å². The van der Waals surface area contributed by atoms with Crippen molar-refractivity contribution in [3.63, 3.8) is 0 Å². The Kier molecular flexibility index (Phi) is 11.5. The fourth-order valence-electron chi connectivity index (χ4n) is 3.02. The summed E-state index contributed by atoms with van der Waals surface area (Å²) >= 11 is 0. The van der Waals surface area contributed by atoms with E-state index in [1.54, 1.807) is 45.0 Å². The molecule has 0 spiro atoms. The van der Waals surface area contributed by atoms with Crippen LogP contribution in [0.25, 0.3) is 0 Å². The molecule has 0 bridgehead atoms. The summed E-state index contributed by atoms with van der Waals surface area (Å²) < 4.78 is 5.18. The summed E-state index contributed by atoms with van der Waals surface area (Å²) in [5.74, 6) is -3.18. The number of esters is 1. The van der Waals surface area contributed by atoms with Crippen molar-refractivity contribution in [2.45, 2.75) is 76.6 Å². The minimum atomic E-state index is -1.23. The van der Waals surface area contributed by atoms with E-state index >= 15 is 0 Å². The molecular weight excluding hydrogens is 428 g/mol. The van der Waals surface area contributed by atoms with E-state index < -0.39 is 47.5 Å². The van der Waals surface area contributed by atoms with Gasteiger partial charge in [-0.1, -0.05) is 30.3 Å². The number of unbranched alkanes of at least 4 members (excludes halogenated alkanes) is 1. The molecule has 0 aromatic heterocycles. The minimum absolute atomic E-state index is 0.118. The highest BCUT2D eigenvalue weighted by atomic mass is 16.6. The number of nitrogens with two attached hydrogens (primary N) is 2. The molecule has 0 saturated carbocycles. The largest absolute Gasteiger partial charge is 0.480 e. The monoisotopic (exact) mass is 464 g/mol. The zero-order valence-corrected chi connectivity index (χ0v) is 19.5. The normalized spacial score (nSPS) is 14.0. The molecule has 1 aromatic carbocycles. The number of rotatable bonds is 13. The van der Waals surface area contributed by atoms with Gasteiger partial charge in [0, 0.05) is 6.42 Å². The van der Waals surface area contributed by atoms with Crippen molar-refractivity contribution < 1.29 is 29.0 Å². The van der Waals surface area contributed by atoms with Gasteiger partial charge in [0.2, 0.25) is 11.8 Å². The zero-order chi connectivity index (χ0) is 25.0. The molecule has 0 aliphatic rings. The first kappa shape index (κ1) is 28.1. The third kappa shape index (κ3) is 11.4. The van der Waals surface area contributed by atoms with E-state index in [0.29, 0.717) is 19.4 Å². The van der Waals surface area contributed by atoms with Crippen LogP contribution in [-0.2, 0) is 30.3 Å². The standard InChI is InChI=1S/C23H36N4O6/c1-23(2,3)33-19(28)14-16(25)20(29)27-18(13-15-9-5-4-6-10-15)21(30)26-17(22(31)32)11-7-8-12-24/h4-6,9-10,16-18H,7-8,11-14,24-25H2,1-3H3,(H,26,30)(H,27,29)(H,31,32)/t16-,17-,18+/m0/s1. The van der Waals surface area contributed by atoms with Crippen molar-refractivity contribution in [1.29, 1.82) is 0 Å². The van der Waals surface area contributed by atoms with Crippen LogP contribution in [0.1, 0.15) is 52.0 Å². The van der Waals surface area contributed by atoms with Gasteiger partial charge in [-0.25, -0.2) is 4.79 Å². The molecule has 2 amide bonds. The van der Waals surface area contributed by atoms with E-state index in [9.17, 15) is 24.3 Å². The molecule has 0 heterocycles. The average Bonchev–Trinajstić information content (AvgIpc) is 2.71. The molecular formula is C23H36N4O6. The van der Waals surface area contributed by atoms with E-state index in [2.05, 4.69) is 10.6 Å². The molecule has 0 radical (unpaired) electrons. The summed E-state index contributed by atoms with van der Waals surface area (Å²) in [7, 11) is 0. The smallest absolute Gasteiger partial charge is 0.326 e. The van der Waals surface area contributed by atoms with Gasteiger partial charge in [0.05, 0.1) is 12.5 Å². The molecule has 184 valence electrons. The van der Waals surface area contributed by atoms with E-state index in [0.717, 1.165) is 5.56 Å². The summed E-state index contributed by atoms with van der Waals surface area (Å²) in [6.45, 7) is 5.51. The molecule has 0 saturated heterocycles. The van der Waals surface area contributed by atoms with Crippen LogP contribution in [0, 0.1) is 0 Å². The molecule has 1 rings (SSSR count). The van der Waals surface area contributed by atoms with Gasteiger partial charge in [0.25, 0.3) is 0 Å². The minimum Gasteiger partial charge on any atom is -0.480 e. The van der Waals surface area contributed by atoms with E-state index in [1.807, 2.05) is 6.07 Å². The number of hydrogen-bond acceptors (Lipinski definition) is 7. The third-order valence-corrected chi connectivity index (χ3v) is 4.62. The molecule has 7 N–H and O–H groups in total. The number of carbonyl (C=O) groups is 4. The number of carboxylic acids is 1. The molecule has 0 aliphatic heterocycles. The predicted molar refractivity (Wildman–Crippen MR) is 123 cm³/mol. The number of hydrogen-bond donors (Lipinski definition) is 5. The van der Waals surface area contributed by atoms with E-state index in [-0.39, 0.29) is 19.3 Å². The van der Waals surface area contributed by atoms with Crippen molar-refractivity contribution in [2.24, 2.45) is 11.5 Å². The summed E-state index contributed by atoms with van der Waals surface area (Å²) in [4.78, 5) is 49.1. The Bertz CT molecular complexity index is 794. The fourth-order valence-corrected chi connectivity index (χ4v) is 3.02. The summed E-state index contributed by atoms with van der Waals surface area (Å²) in [5.41, 5.74) is 11.3. The molecule has 0 aliphatic carbocycles. The Morgan fingerprint density at radius 2 is 1.61 bits per heavy atom. The number of ether oxygens (including phenoxy) is 1. The first-order chi connectivity index (χ1) is 15.4. The molecule has 10 heteroatoms. The Morgan fingerprint density at radius 1 is 1.00 bits per heavy atom. The first-order valence-electron chi connectivity index (χ1n) is 11.0. The van der Waals surface area contributed by atoms with Crippen molar-refractivity contribution in [3.05, 3.63) is 35.9 Å². The topological polar surface area (TPSA) is 174 Å². The number of benzene rings is 1. The Labute approximate surface area is 194 Å². The van der Waals surface area contributed by atoms with Gasteiger partial charge >= 0.3 is 11.9 Å². The second kappa shape index (κ2) is 13.5. The highest BCUT2D eigenvalue weighted by Gasteiger charge is 2.29. The lowest BCUT2D eigenvalue weighted by molar-refractivity contribution is -0.156. The van der Waals surface area contributed by atoms with Gasteiger partial charge in [-0.2, -0.15) is 0 Å². The van der Waals surface area contributed by atoms with Crippen LogP contribution < -0.4 is 22.1 Å². The summed E-state index contributed by atoms with van der Waals surface area (Å²) in [6, 6.07) is 5.51. The maximum Gasteiger partial charge on any atom is 0.326 e. The van der Waals surface area contributed by atoms with Crippen molar-refractivity contribution in [1.82, 2.24) is 10.6 Å². The number of nitrogens with one attached hydrogen (secondary N) is 2. The van der Waals surface area contributed by atoms with Crippen LogP contribution >= 0.6 is 0 Å². The van der Waals surface area contributed by atoms with Crippen molar-refractivity contribution >= 4 is 23.8 Å². The van der Waals surface area contributed by atoms with Crippen LogP contribution in [0.2, 0.25) is 0 Å². The lowest BCUT2D eigenvalue weighted by Gasteiger charge is -2.24. The van der Waals surface area contributed by atoms with Gasteiger partial charge < -0.3 is 31.9 Å². The van der Waals surface area contributed by atoms with Crippen LogP contribution in [0.5, 0.6) is 0 Å². The maximum atomic E-state index is 12.9. The Hall–Kier alpha value is -2.98. The van der Waals surface area contributed by atoms with E-state index in [1.165, 1.54) is 0 Å². The maximum absolute atomic E-state index is 12.9. The molecule has 1 aromatic rings. The highest BCUT2D eigenvalue weighted by molar-refractivity contribution is 5.93. The second-order valence-electron chi connectivity index (χ2n) is 8.83. The van der Waals surface area contributed by atoms with Gasteiger partial charge in [-0.3, -0.25) is 14.4 Å². The van der Waals surface area contributed by atoms with Crippen LogP contribution in [0.4, 0.5) is 0 Å². The van der Waals surface area contributed by atoms with Gasteiger partial charge in [-0.15, -0.1) is 0 Å². The quantitative estimate of drug-likeness (QED) is 0.207.